The second-order valence-corrected chi connectivity index (χ2v) is 4.62. The Labute approximate surface area is 109 Å². The molecule has 1 saturated heterocycles. The molecule has 1 aliphatic rings. The van der Waals surface area contributed by atoms with Gasteiger partial charge in [0.15, 0.2) is 0 Å². The van der Waals surface area contributed by atoms with E-state index in [-0.39, 0.29) is 6.61 Å². The van der Waals surface area contributed by atoms with E-state index in [2.05, 4.69) is 22.3 Å². The van der Waals surface area contributed by atoms with Crippen molar-refractivity contribution in [3.8, 4) is 5.75 Å². The first-order valence-electron chi connectivity index (χ1n) is 6.57. The van der Waals surface area contributed by atoms with Gasteiger partial charge in [0.25, 0.3) is 0 Å². The number of aliphatic hydroxyl groups is 1. The van der Waals surface area contributed by atoms with Crippen molar-refractivity contribution in [2.75, 3.05) is 38.3 Å². The Kier molecular flexibility index (Phi) is 4.84. The van der Waals surface area contributed by atoms with Crippen molar-refractivity contribution in [3.05, 3.63) is 24.3 Å². The van der Waals surface area contributed by atoms with E-state index in [0.717, 1.165) is 38.2 Å². The quantitative estimate of drug-likeness (QED) is 0.844. The largest absolute Gasteiger partial charge is 0.497 e. The van der Waals surface area contributed by atoms with Crippen LogP contribution in [0.15, 0.2) is 24.3 Å². The molecule has 0 amide bonds. The van der Waals surface area contributed by atoms with Gasteiger partial charge in [-0.15, -0.1) is 0 Å². The Balaban J connectivity index is 2.19. The number of benzene rings is 1. The van der Waals surface area contributed by atoms with Crippen LogP contribution in [0, 0.1) is 0 Å². The Morgan fingerprint density at radius 2 is 2.39 bits per heavy atom. The van der Waals surface area contributed by atoms with Gasteiger partial charge in [-0.05, 0) is 31.5 Å². The molecule has 2 rings (SSSR count). The van der Waals surface area contributed by atoms with Gasteiger partial charge in [-0.3, -0.25) is 0 Å². The fraction of sp³-hybridized carbons (Fsp3) is 0.571. The number of nitrogens with one attached hydrogen (secondary N) is 1. The number of nitrogens with zero attached hydrogens (tertiary/aromatic N) is 1. The summed E-state index contributed by atoms with van der Waals surface area (Å²) in [5, 5.41) is 12.6. The summed E-state index contributed by atoms with van der Waals surface area (Å²) >= 11 is 0. The Bertz CT molecular complexity index is 371. The van der Waals surface area contributed by atoms with Crippen LogP contribution in [0.2, 0.25) is 0 Å². The third kappa shape index (κ3) is 3.15. The number of rotatable bonds is 4. The Morgan fingerprint density at radius 1 is 1.50 bits per heavy atom. The van der Waals surface area contributed by atoms with Crippen molar-refractivity contribution in [1.29, 1.82) is 0 Å². The van der Waals surface area contributed by atoms with Gasteiger partial charge >= 0.3 is 0 Å². The lowest BCUT2D eigenvalue weighted by molar-refractivity contribution is 0.273. The van der Waals surface area contributed by atoms with Crippen LogP contribution in [-0.2, 0) is 0 Å². The van der Waals surface area contributed by atoms with Crippen LogP contribution in [0.4, 0.5) is 5.69 Å². The third-order valence-corrected chi connectivity index (χ3v) is 3.42. The van der Waals surface area contributed by atoms with Crippen LogP contribution in [-0.4, -0.2) is 44.5 Å². The zero-order valence-electron chi connectivity index (χ0n) is 10.9. The van der Waals surface area contributed by atoms with Crippen LogP contribution in [0.5, 0.6) is 5.75 Å². The van der Waals surface area contributed by atoms with Crippen molar-refractivity contribution in [2.24, 2.45) is 0 Å². The van der Waals surface area contributed by atoms with Gasteiger partial charge in [0.05, 0.1) is 7.11 Å². The highest BCUT2D eigenvalue weighted by molar-refractivity contribution is 5.51. The minimum atomic E-state index is 0.229. The molecule has 1 unspecified atom stereocenters. The Morgan fingerprint density at radius 3 is 3.17 bits per heavy atom. The number of hydrogen-bond donors (Lipinski definition) is 2. The van der Waals surface area contributed by atoms with E-state index in [0.29, 0.717) is 6.04 Å². The summed E-state index contributed by atoms with van der Waals surface area (Å²) in [7, 11) is 1.69. The van der Waals surface area contributed by atoms with Gasteiger partial charge in [0, 0.05) is 37.5 Å². The summed E-state index contributed by atoms with van der Waals surface area (Å²) in [6, 6.07) is 8.50. The molecular weight excluding hydrogens is 228 g/mol. The highest BCUT2D eigenvalue weighted by Gasteiger charge is 2.20. The van der Waals surface area contributed by atoms with Crippen LogP contribution < -0.4 is 15.0 Å². The second-order valence-electron chi connectivity index (χ2n) is 4.62. The summed E-state index contributed by atoms with van der Waals surface area (Å²) < 4.78 is 5.28. The predicted octanol–water partition coefficient (Wildman–Crippen LogP) is 1.25. The molecule has 0 aliphatic carbocycles. The minimum absolute atomic E-state index is 0.229. The van der Waals surface area contributed by atoms with Crippen LogP contribution in [0.3, 0.4) is 0 Å². The lowest BCUT2D eigenvalue weighted by Gasteiger charge is -2.31. The Hall–Kier alpha value is -1.26. The zero-order chi connectivity index (χ0) is 12.8. The maximum absolute atomic E-state index is 9.20. The SMILES string of the molecule is COc1cccc(N2CCCNCC2CCO)c1. The smallest absolute Gasteiger partial charge is 0.120 e. The highest BCUT2D eigenvalue weighted by Crippen LogP contribution is 2.24. The van der Waals surface area contributed by atoms with Crippen molar-refractivity contribution < 1.29 is 9.84 Å². The fourth-order valence-electron chi connectivity index (χ4n) is 2.47. The van der Waals surface area contributed by atoms with Gasteiger partial charge in [-0.1, -0.05) is 6.07 Å². The molecule has 4 heteroatoms. The normalized spacial score (nSPS) is 20.6. The molecule has 2 N–H and O–H groups in total. The first-order valence-corrected chi connectivity index (χ1v) is 6.57. The lowest BCUT2D eigenvalue weighted by atomic mass is 10.1. The minimum Gasteiger partial charge on any atom is -0.497 e. The molecule has 0 saturated carbocycles. The number of aliphatic hydroxyl groups excluding tert-OH is 1. The van der Waals surface area contributed by atoms with E-state index in [1.807, 2.05) is 12.1 Å². The first-order chi connectivity index (χ1) is 8.85. The third-order valence-electron chi connectivity index (χ3n) is 3.42. The van der Waals surface area contributed by atoms with Crippen molar-refractivity contribution in [3.63, 3.8) is 0 Å². The number of anilines is 1. The maximum atomic E-state index is 9.20. The lowest BCUT2D eigenvalue weighted by Crippen LogP contribution is -2.40. The van der Waals surface area contributed by atoms with Gasteiger partial charge < -0.3 is 20.1 Å². The summed E-state index contributed by atoms with van der Waals surface area (Å²) in [5.74, 6) is 0.882. The zero-order valence-corrected chi connectivity index (χ0v) is 10.9. The molecule has 0 spiro atoms. The van der Waals surface area contributed by atoms with Gasteiger partial charge in [0.1, 0.15) is 5.75 Å². The fourth-order valence-corrected chi connectivity index (χ4v) is 2.47. The van der Waals surface area contributed by atoms with Crippen molar-refractivity contribution >= 4 is 5.69 Å². The van der Waals surface area contributed by atoms with Crippen LogP contribution in [0.25, 0.3) is 0 Å². The van der Waals surface area contributed by atoms with E-state index in [1.165, 1.54) is 5.69 Å². The van der Waals surface area contributed by atoms with Gasteiger partial charge in [-0.2, -0.15) is 0 Å². The molecule has 1 fully saturated rings. The second kappa shape index (κ2) is 6.61. The van der Waals surface area contributed by atoms with E-state index >= 15 is 0 Å². The average molecular weight is 250 g/mol. The first kappa shape index (κ1) is 13.2. The monoisotopic (exact) mass is 250 g/mol. The standard InChI is InChI=1S/C14H22N2O2/c1-18-14-5-2-4-12(10-14)16-8-3-7-15-11-13(16)6-9-17/h2,4-5,10,13,15,17H,3,6-9,11H2,1H3. The molecule has 18 heavy (non-hydrogen) atoms. The van der Waals surface area contributed by atoms with E-state index < -0.39 is 0 Å². The van der Waals surface area contributed by atoms with Crippen molar-refractivity contribution in [1.82, 2.24) is 5.32 Å². The molecule has 1 aliphatic heterocycles. The number of hydrogen-bond acceptors (Lipinski definition) is 4. The number of ether oxygens (including phenoxy) is 1. The molecule has 0 radical (unpaired) electrons. The van der Waals surface area contributed by atoms with E-state index in [4.69, 9.17) is 4.74 Å². The molecule has 1 aromatic carbocycles. The predicted molar refractivity (Wildman–Crippen MR) is 73.3 cm³/mol. The molecule has 0 bridgehead atoms. The van der Waals surface area contributed by atoms with Crippen molar-refractivity contribution in [2.45, 2.75) is 18.9 Å². The summed E-state index contributed by atoms with van der Waals surface area (Å²) in [5.41, 5.74) is 1.18. The molecule has 100 valence electrons. The molecule has 0 aromatic heterocycles. The molecule has 4 nitrogen and oxygen atoms in total. The van der Waals surface area contributed by atoms with E-state index in [9.17, 15) is 5.11 Å². The average Bonchev–Trinajstić information content (AvgIpc) is 2.65. The highest BCUT2D eigenvalue weighted by atomic mass is 16.5. The summed E-state index contributed by atoms with van der Waals surface area (Å²) in [6.45, 7) is 3.22. The summed E-state index contributed by atoms with van der Waals surface area (Å²) in [4.78, 5) is 2.37. The van der Waals surface area contributed by atoms with E-state index in [1.54, 1.807) is 7.11 Å². The molecule has 1 atom stereocenters. The maximum Gasteiger partial charge on any atom is 0.120 e. The van der Waals surface area contributed by atoms with Crippen LogP contribution >= 0.6 is 0 Å². The number of methoxy groups -OCH3 is 1. The van der Waals surface area contributed by atoms with Gasteiger partial charge in [-0.25, -0.2) is 0 Å². The molecule has 1 aromatic rings. The topological polar surface area (TPSA) is 44.7 Å². The van der Waals surface area contributed by atoms with Crippen LogP contribution in [0.1, 0.15) is 12.8 Å². The molecule has 1 heterocycles. The van der Waals surface area contributed by atoms with Gasteiger partial charge in [0.2, 0.25) is 0 Å². The summed E-state index contributed by atoms with van der Waals surface area (Å²) in [6.07, 6.45) is 1.92. The molecular formula is C14H22N2O2.